The molecular formula is C14H11ClO5. The van der Waals surface area contributed by atoms with Crippen molar-refractivity contribution in [2.24, 2.45) is 0 Å². The lowest BCUT2D eigenvalue weighted by atomic mass is 10.1. The summed E-state index contributed by atoms with van der Waals surface area (Å²) in [5.74, 6) is -1.32. The van der Waals surface area contributed by atoms with Crippen molar-refractivity contribution in [1.82, 2.24) is 0 Å². The van der Waals surface area contributed by atoms with Gasteiger partial charge in [-0.2, -0.15) is 0 Å². The van der Waals surface area contributed by atoms with E-state index in [0.717, 1.165) is 0 Å². The average Bonchev–Trinajstić information content (AvgIpc) is 2.38. The highest BCUT2D eigenvalue weighted by atomic mass is 35.5. The van der Waals surface area contributed by atoms with Crippen molar-refractivity contribution in [2.45, 2.75) is 13.3 Å². The molecule has 0 aliphatic carbocycles. The first-order valence-corrected chi connectivity index (χ1v) is 6.31. The minimum atomic E-state index is -0.783. The molecule has 5 nitrogen and oxygen atoms in total. The quantitative estimate of drug-likeness (QED) is 0.375. The van der Waals surface area contributed by atoms with Crippen LogP contribution in [0.1, 0.15) is 23.7 Å². The molecule has 0 saturated heterocycles. The molecule has 1 aromatic heterocycles. The lowest BCUT2D eigenvalue weighted by Crippen LogP contribution is -2.18. The molecule has 0 radical (unpaired) electrons. The summed E-state index contributed by atoms with van der Waals surface area (Å²) in [5, 5.41) is 0.972. The molecule has 0 spiro atoms. The average molecular weight is 295 g/mol. The zero-order chi connectivity index (χ0) is 14.7. The molecule has 6 heteroatoms. The Bertz CT molecular complexity index is 732. The Morgan fingerprint density at radius 1 is 1.30 bits per heavy atom. The molecule has 2 aromatic rings. The summed E-state index contributed by atoms with van der Waals surface area (Å²) in [6.07, 6.45) is -0.495. The summed E-state index contributed by atoms with van der Waals surface area (Å²) in [4.78, 5) is 34.9. The molecule has 0 fully saturated rings. The van der Waals surface area contributed by atoms with Crippen molar-refractivity contribution < 1.29 is 18.7 Å². The van der Waals surface area contributed by atoms with Crippen LogP contribution in [-0.4, -0.2) is 18.4 Å². The highest BCUT2D eigenvalue weighted by Gasteiger charge is 2.18. The van der Waals surface area contributed by atoms with Crippen LogP contribution >= 0.6 is 11.6 Å². The second kappa shape index (κ2) is 5.88. The molecule has 0 unspecified atom stereocenters. The van der Waals surface area contributed by atoms with Crippen molar-refractivity contribution >= 4 is 34.3 Å². The maximum Gasteiger partial charge on any atom is 0.347 e. The summed E-state index contributed by atoms with van der Waals surface area (Å²) in [6.45, 7) is 1.81. The van der Waals surface area contributed by atoms with Gasteiger partial charge in [-0.15, -0.1) is 0 Å². The van der Waals surface area contributed by atoms with E-state index in [1.165, 1.54) is 6.07 Å². The number of benzene rings is 1. The van der Waals surface area contributed by atoms with E-state index in [9.17, 15) is 14.4 Å². The van der Waals surface area contributed by atoms with Crippen LogP contribution in [0.2, 0.25) is 5.02 Å². The van der Waals surface area contributed by atoms with Gasteiger partial charge in [-0.1, -0.05) is 11.6 Å². The van der Waals surface area contributed by atoms with E-state index in [2.05, 4.69) is 4.74 Å². The second-order valence-electron chi connectivity index (χ2n) is 4.03. The van der Waals surface area contributed by atoms with E-state index in [0.29, 0.717) is 16.0 Å². The maximum absolute atomic E-state index is 11.9. The van der Waals surface area contributed by atoms with Crippen LogP contribution in [0.4, 0.5) is 0 Å². The van der Waals surface area contributed by atoms with Crippen LogP contribution in [0.15, 0.2) is 33.5 Å². The fourth-order valence-electron chi connectivity index (χ4n) is 1.73. The van der Waals surface area contributed by atoms with Gasteiger partial charge in [-0.05, 0) is 31.2 Å². The maximum atomic E-state index is 11.9. The molecule has 1 aromatic carbocycles. The number of carbonyl (C=O) groups excluding carboxylic acids is 2. The van der Waals surface area contributed by atoms with Crippen molar-refractivity contribution in [1.29, 1.82) is 0 Å². The van der Waals surface area contributed by atoms with Gasteiger partial charge in [0.2, 0.25) is 0 Å². The largest absolute Gasteiger partial charge is 0.466 e. The number of ether oxygens (including phenoxy) is 1. The molecule has 0 aliphatic rings. The van der Waals surface area contributed by atoms with Gasteiger partial charge in [0.25, 0.3) is 0 Å². The third kappa shape index (κ3) is 3.05. The number of esters is 1. The number of hydrogen-bond donors (Lipinski definition) is 0. The smallest absolute Gasteiger partial charge is 0.347 e. The Morgan fingerprint density at radius 2 is 2.05 bits per heavy atom. The number of hydrogen-bond acceptors (Lipinski definition) is 5. The van der Waals surface area contributed by atoms with Gasteiger partial charge < -0.3 is 9.15 Å². The van der Waals surface area contributed by atoms with E-state index in [1.54, 1.807) is 25.1 Å². The number of halogens is 1. The van der Waals surface area contributed by atoms with Gasteiger partial charge >= 0.3 is 11.6 Å². The van der Waals surface area contributed by atoms with Crippen molar-refractivity contribution in [3.05, 3.63) is 45.3 Å². The number of Topliss-reactive ketones (excluding diaryl/α,β-unsaturated/α-hetero) is 1. The highest BCUT2D eigenvalue weighted by Crippen LogP contribution is 2.19. The van der Waals surface area contributed by atoms with Gasteiger partial charge in [0.1, 0.15) is 17.6 Å². The molecular weight excluding hydrogens is 284 g/mol. The summed E-state index contributed by atoms with van der Waals surface area (Å²) in [6, 6.07) is 6.06. The van der Waals surface area contributed by atoms with E-state index in [1.807, 2.05) is 0 Å². The molecule has 2 rings (SSSR count). The van der Waals surface area contributed by atoms with Gasteiger partial charge in [0.05, 0.1) is 6.61 Å². The highest BCUT2D eigenvalue weighted by molar-refractivity contribution is 6.31. The molecule has 0 amide bonds. The van der Waals surface area contributed by atoms with E-state index in [4.69, 9.17) is 16.0 Å². The summed E-state index contributed by atoms with van der Waals surface area (Å²) in [7, 11) is 0. The molecule has 0 N–H and O–H groups in total. The second-order valence-corrected chi connectivity index (χ2v) is 4.47. The van der Waals surface area contributed by atoms with Crippen LogP contribution in [0.3, 0.4) is 0 Å². The van der Waals surface area contributed by atoms with Crippen LogP contribution in [0.5, 0.6) is 0 Å². The van der Waals surface area contributed by atoms with Gasteiger partial charge in [0.15, 0.2) is 5.78 Å². The SMILES string of the molecule is CCOC(=O)CC(=O)c1cc2cc(Cl)ccc2oc1=O. The normalized spacial score (nSPS) is 10.5. The first-order valence-electron chi connectivity index (χ1n) is 5.93. The topological polar surface area (TPSA) is 73.6 Å². The Hall–Kier alpha value is -2.14. The van der Waals surface area contributed by atoms with Crippen LogP contribution < -0.4 is 5.63 Å². The fraction of sp³-hybridized carbons (Fsp3) is 0.214. The fourth-order valence-corrected chi connectivity index (χ4v) is 1.91. The van der Waals surface area contributed by atoms with Crippen molar-refractivity contribution in [2.75, 3.05) is 6.61 Å². The number of fused-ring (bicyclic) bond motifs is 1. The first-order chi connectivity index (χ1) is 9.51. The van der Waals surface area contributed by atoms with Crippen LogP contribution in [-0.2, 0) is 9.53 Å². The summed E-state index contributed by atoms with van der Waals surface area (Å²) in [5.41, 5.74) is -0.644. The predicted octanol–water partition coefficient (Wildman–Crippen LogP) is 2.58. The first kappa shape index (κ1) is 14.3. The zero-order valence-electron chi connectivity index (χ0n) is 10.6. The van der Waals surface area contributed by atoms with E-state index < -0.39 is 23.8 Å². The third-order valence-corrected chi connectivity index (χ3v) is 2.84. The lowest BCUT2D eigenvalue weighted by molar-refractivity contribution is -0.141. The lowest BCUT2D eigenvalue weighted by Gasteiger charge is -2.02. The molecule has 0 bridgehead atoms. The van der Waals surface area contributed by atoms with E-state index >= 15 is 0 Å². The number of rotatable bonds is 4. The van der Waals surface area contributed by atoms with Gasteiger partial charge in [-0.25, -0.2) is 4.79 Å². The van der Waals surface area contributed by atoms with Crippen LogP contribution in [0, 0.1) is 0 Å². The van der Waals surface area contributed by atoms with E-state index in [-0.39, 0.29) is 12.2 Å². The van der Waals surface area contributed by atoms with Gasteiger partial charge in [-0.3, -0.25) is 9.59 Å². The molecule has 20 heavy (non-hydrogen) atoms. The Kier molecular flexibility index (Phi) is 4.20. The zero-order valence-corrected chi connectivity index (χ0v) is 11.4. The van der Waals surface area contributed by atoms with Crippen molar-refractivity contribution in [3.63, 3.8) is 0 Å². The minimum absolute atomic E-state index is 0.175. The molecule has 104 valence electrons. The summed E-state index contributed by atoms with van der Waals surface area (Å²) >= 11 is 5.84. The molecule has 0 saturated carbocycles. The Balaban J connectivity index is 2.38. The molecule has 0 aliphatic heterocycles. The number of carbonyl (C=O) groups is 2. The Labute approximate surface area is 119 Å². The summed E-state index contributed by atoms with van der Waals surface area (Å²) < 4.78 is 9.69. The predicted molar refractivity (Wildman–Crippen MR) is 73.1 cm³/mol. The standard InChI is InChI=1S/C14H11ClO5/c1-2-19-13(17)7-11(16)10-6-8-5-9(15)3-4-12(8)20-14(10)18/h3-6H,2,7H2,1H3. The monoisotopic (exact) mass is 294 g/mol. The third-order valence-electron chi connectivity index (χ3n) is 2.60. The minimum Gasteiger partial charge on any atom is -0.466 e. The van der Waals surface area contributed by atoms with Gasteiger partial charge in [0, 0.05) is 10.4 Å². The molecule has 1 heterocycles. The number of ketones is 1. The molecule has 0 atom stereocenters. The Morgan fingerprint density at radius 3 is 2.75 bits per heavy atom. The van der Waals surface area contributed by atoms with Crippen molar-refractivity contribution in [3.8, 4) is 0 Å². The van der Waals surface area contributed by atoms with Crippen LogP contribution in [0.25, 0.3) is 11.0 Å².